The van der Waals surface area contributed by atoms with E-state index < -0.39 is 53.8 Å². The van der Waals surface area contributed by atoms with Gasteiger partial charge in [-0.3, -0.25) is 19.2 Å². The predicted molar refractivity (Wildman–Crippen MR) is 128 cm³/mol. The lowest BCUT2D eigenvalue weighted by Gasteiger charge is -2.23. The minimum atomic E-state index is -1.23. The topological polar surface area (TPSA) is 222 Å². The second-order valence-electron chi connectivity index (χ2n) is 8.27. The summed E-state index contributed by atoms with van der Waals surface area (Å²) in [5.41, 5.74) is 12.0. The number of H-pyrrole nitrogens is 1. The maximum atomic E-state index is 13.0. The van der Waals surface area contributed by atoms with Gasteiger partial charge in [0.2, 0.25) is 23.6 Å². The first-order valence-electron chi connectivity index (χ1n) is 11.3. The molecule has 0 radical (unpaired) electrons. The summed E-state index contributed by atoms with van der Waals surface area (Å²) in [6.07, 6.45) is 2.83. The van der Waals surface area contributed by atoms with Crippen molar-refractivity contribution in [2.45, 2.75) is 56.8 Å². The van der Waals surface area contributed by atoms with Gasteiger partial charge in [-0.15, -0.1) is 0 Å². The molecule has 0 spiro atoms. The molecular formula is C23H31N7O6. The fourth-order valence-electron chi connectivity index (χ4n) is 3.26. The van der Waals surface area contributed by atoms with Crippen LogP contribution in [0.1, 0.15) is 31.0 Å². The Hall–Kier alpha value is -4.26. The number of nitrogens with one attached hydrogen (secondary N) is 4. The maximum absolute atomic E-state index is 13.0. The summed E-state index contributed by atoms with van der Waals surface area (Å²) in [6, 6.07) is 4.26. The lowest BCUT2D eigenvalue weighted by Crippen LogP contribution is -2.57. The first kappa shape index (κ1) is 28.0. The third-order valence-corrected chi connectivity index (χ3v) is 5.30. The summed E-state index contributed by atoms with van der Waals surface area (Å²) >= 11 is 0. The van der Waals surface area contributed by atoms with E-state index in [-0.39, 0.29) is 25.7 Å². The molecule has 194 valence electrons. The van der Waals surface area contributed by atoms with Crippen molar-refractivity contribution in [2.24, 2.45) is 11.5 Å². The number of nitrogens with zero attached hydrogens (tertiary/aromatic N) is 1. The van der Waals surface area contributed by atoms with Crippen molar-refractivity contribution in [2.75, 3.05) is 0 Å². The number of aromatic nitrogens is 2. The summed E-state index contributed by atoms with van der Waals surface area (Å²) in [7, 11) is 0. The molecule has 1 aromatic carbocycles. The van der Waals surface area contributed by atoms with E-state index in [9.17, 15) is 29.1 Å². The van der Waals surface area contributed by atoms with Gasteiger partial charge in [0, 0.05) is 31.2 Å². The average Bonchev–Trinajstić information content (AvgIpc) is 3.35. The Morgan fingerprint density at radius 2 is 1.64 bits per heavy atom. The Labute approximate surface area is 207 Å². The molecule has 0 aliphatic carbocycles. The number of amides is 4. The molecule has 4 amide bonds. The number of hydrogen-bond acceptors (Lipinski definition) is 7. The fourth-order valence-corrected chi connectivity index (χ4v) is 3.26. The highest BCUT2D eigenvalue weighted by atomic mass is 16.4. The molecule has 4 atom stereocenters. The number of rotatable bonds is 14. The number of carboxylic acid groups (broad SMARTS) is 1. The molecule has 0 aliphatic rings. The largest absolute Gasteiger partial charge is 0.480 e. The zero-order valence-electron chi connectivity index (χ0n) is 19.8. The van der Waals surface area contributed by atoms with Crippen molar-refractivity contribution in [1.82, 2.24) is 25.9 Å². The molecule has 0 fully saturated rings. The van der Waals surface area contributed by atoms with Gasteiger partial charge in [0.05, 0.1) is 12.4 Å². The quantitative estimate of drug-likeness (QED) is 0.158. The van der Waals surface area contributed by atoms with Gasteiger partial charge < -0.3 is 37.5 Å². The Balaban J connectivity index is 2.07. The van der Waals surface area contributed by atoms with Crippen LogP contribution < -0.4 is 27.4 Å². The second-order valence-corrected chi connectivity index (χ2v) is 8.27. The van der Waals surface area contributed by atoms with Crippen LogP contribution in [0.25, 0.3) is 0 Å². The van der Waals surface area contributed by atoms with Crippen LogP contribution >= 0.6 is 0 Å². The van der Waals surface area contributed by atoms with Gasteiger partial charge in [-0.1, -0.05) is 30.3 Å². The van der Waals surface area contributed by atoms with Crippen LogP contribution in [0.4, 0.5) is 0 Å². The van der Waals surface area contributed by atoms with Gasteiger partial charge in [-0.05, 0) is 18.9 Å². The summed E-state index contributed by atoms with van der Waals surface area (Å²) in [5.74, 6) is -3.92. The lowest BCUT2D eigenvalue weighted by molar-refractivity contribution is -0.142. The Bertz CT molecular complexity index is 1040. The highest BCUT2D eigenvalue weighted by molar-refractivity contribution is 5.94. The van der Waals surface area contributed by atoms with Crippen molar-refractivity contribution < 1.29 is 29.1 Å². The first-order valence-corrected chi connectivity index (χ1v) is 11.3. The van der Waals surface area contributed by atoms with E-state index in [1.165, 1.54) is 19.4 Å². The van der Waals surface area contributed by atoms with Gasteiger partial charge in [0.25, 0.3) is 0 Å². The number of hydrogen-bond donors (Lipinski definition) is 7. The SMILES string of the molecule is CC(NC(=O)C(N)CCC(N)=O)C(=O)NC(Cc1cnc[nH]1)C(=O)NC(Cc1ccccc1)C(=O)O. The average molecular weight is 502 g/mol. The van der Waals surface area contributed by atoms with Crippen molar-refractivity contribution >= 4 is 29.6 Å². The molecule has 9 N–H and O–H groups in total. The van der Waals surface area contributed by atoms with Gasteiger partial charge >= 0.3 is 5.97 Å². The standard InChI is InChI=1S/C23H31N7O6/c1-13(28-21(33)16(24)7-8-19(25)31)20(32)29-17(10-15-11-26-12-27-15)22(34)30-18(23(35)36)9-14-5-3-2-4-6-14/h2-6,11-13,16-18H,7-10,24H2,1H3,(H2,25,31)(H,26,27)(H,28,33)(H,29,32)(H,30,34)(H,35,36). The highest BCUT2D eigenvalue weighted by Crippen LogP contribution is 2.06. The molecule has 4 unspecified atom stereocenters. The monoisotopic (exact) mass is 501 g/mol. The third kappa shape index (κ3) is 9.18. The zero-order chi connectivity index (χ0) is 26.7. The summed E-state index contributed by atoms with van der Waals surface area (Å²) in [6.45, 7) is 1.40. The molecule has 13 heteroatoms. The molecule has 13 nitrogen and oxygen atoms in total. The van der Waals surface area contributed by atoms with Crippen LogP contribution in [0.5, 0.6) is 0 Å². The lowest BCUT2D eigenvalue weighted by atomic mass is 10.0. The van der Waals surface area contributed by atoms with Crippen LogP contribution in [-0.4, -0.2) is 68.8 Å². The predicted octanol–water partition coefficient (Wildman–Crippen LogP) is -1.65. The molecule has 2 rings (SSSR count). The number of imidazole rings is 1. The fraction of sp³-hybridized carbons (Fsp3) is 0.391. The number of aromatic amines is 1. The molecule has 1 aromatic heterocycles. The Morgan fingerprint density at radius 1 is 0.972 bits per heavy atom. The van der Waals surface area contributed by atoms with Crippen LogP contribution in [-0.2, 0) is 36.8 Å². The van der Waals surface area contributed by atoms with Crippen molar-refractivity contribution in [3.05, 3.63) is 54.1 Å². The molecule has 0 saturated carbocycles. The Kier molecular flexibility index (Phi) is 10.6. The number of carbonyl (C=O) groups is 5. The maximum Gasteiger partial charge on any atom is 0.326 e. The van der Waals surface area contributed by atoms with E-state index in [1.54, 1.807) is 30.3 Å². The van der Waals surface area contributed by atoms with Crippen LogP contribution in [0.3, 0.4) is 0 Å². The van der Waals surface area contributed by atoms with Gasteiger partial charge in [0.15, 0.2) is 0 Å². The number of carboxylic acids is 1. The van der Waals surface area contributed by atoms with E-state index in [2.05, 4.69) is 25.9 Å². The van der Waals surface area contributed by atoms with Crippen molar-refractivity contribution in [3.63, 3.8) is 0 Å². The normalized spacial score (nSPS) is 14.1. The van der Waals surface area contributed by atoms with E-state index in [0.29, 0.717) is 11.3 Å². The molecule has 0 aliphatic heterocycles. The number of nitrogens with two attached hydrogens (primary N) is 2. The molecule has 36 heavy (non-hydrogen) atoms. The van der Waals surface area contributed by atoms with E-state index in [1.807, 2.05) is 0 Å². The minimum Gasteiger partial charge on any atom is -0.480 e. The number of aliphatic carboxylic acids is 1. The molecule has 2 aromatic rings. The van der Waals surface area contributed by atoms with Gasteiger partial charge in [-0.25, -0.2) is 9.78 Å². The van der Waals surface area contributed by atoms with Gasteiger partial charge in [-0.2, -0.15) is 0 Å². The minimum absolute atomic E-state index is 0.00591. The number of benzene rings is 1. The summed E-state index contributed by atoms with van der Waals surface area (Å²) < 4.78 is 0. The second kappa shape index (κ2) is 13.6. The van der Waals surface area contributed by atoms with E-state index >= 15 is 0 Å². The van der Waals surface area contributed by atoms with Crippen molar-refractivity contribution in [1.29, 1.82) is 0 Å². The van der Waals surface area contributed by atoms with Crippen LogP contribution in [0, 0.1) is 0 Å². The highest BCUT2D eigenvalue weighted by Gasteiger charge is 2.29. The Morgan fingerprint density at radius 3 is 2.22 bits per heavy atom. The number of carbonyl (C=O) groups excluding carboxylic acids is 4. The van der Waals surface area contributed by atoms with Crippen molar-refractivity contribution in [3.8, 4) is 0 Å². The molecule has 0 bridgehead atoms. The van der Waals surface area contributed by atoms with Gasteiger partial charge in [0.1, 0.15) is 18.1 Å². The van der Waals surface area contributed by atoms with Crippen LogP contribution in [0.15, 0.2) is 42.9 Å². The van der Waals surface area contributed by atoms with Crippen LogP contribution in [0.2, 0.25) is 0 Å². The summed E-state index contributed by atoms with van der Waals surface area (Å²) in [5, 5.41) is 17.0. The van der Waals surface area contributed by atoms with E-state index in [4.69, 9.17) is 11.5 Å². The molecule has 1 heterocycles. The zero-order valence-corrected chi connectivity index (χ0v) is 19.8. The smallest absolute Gasteiger partial charge is 0.326 e. The van der Waals surface area contributed by atoms with E-state index in [0.717, 1.165) is 0 Å². The molecular weight excluding hydrogens is 470 g/mol. The first-order chi connectivity index (χ1) is 17.1. The summed E-state index contributed by atoms with van der Waals surface area (Å²) in [4.78, 5) is 67.4. The number of primary amides is 1. The molecule has 0 saturated heterocycles. The third-order valence-electron chi connectivity index (χ3n) is 5.30.